The third-order valence-corrected chi connectivity index (χ3v) is 10.3. The van der Waals surface area contributed by atoms with Crippen molar-refractivity contribution < 1.29 is 38.0 Å². The summed E-state index contributed by atoms with van der Waals surface area (Å²) in [4.78, 5) is 15.5. The molecule has 11 nitrogen and oxygen atoms in total. The molecule has 5 rings (SSSR count). The number of hydrogen-bond acceptors (Lipinski definition) is 11. The number of aliphatic hydroxyl groups excluding tert-OH is 3. The van der Waals surface area contributed by atoms with E-state index in [9.17, 15) is 33.8 Å². The van der Waals surface area contributed by atoms with E-state index >= 15 is 0 Å². The SMILES string of the molecule is C/C(=C(/C#N)S(=O)(=O)NCC1C(=O)O[C@H](CO)[C@@H](O)[C@@H]1O)c1ccc(-c2ccc3cc(N4CCOCC4)ccc3c2)s1. The van der Waals surface area contributed by atoms with Gasteiger partial charge in [0.05, 0.1) is 31.8 Å². The molecule has 0 amide bonds. The number of morpholine rings is 1. The number of ether oxygens (including phenoxy) is 2. The summed E-state index contributed by atoms with van der Waals surface area (Å²) in [6.45, 7) is 3.37. The number of carbonyl (C=O) groups is 1. The number of benzene rings is 2. The highest BCUT2D eigenvalue weighted by atomic mass is 32.2. The van der Waals surface area contributed by atoms with E-state index in [0.717, 1.165) is 40.0 Å². The van der Waals surface area contributed by atoms with Crippen molar-refractivity contribution in [1.29, 1.82) is 5.26 Å². The molecule has 222 valence electrons. The first kappa shape index (κ1) is 30.1. The van der Waals surface area contributed by atoms with Crippen LogP contribution >= 0.6 is 11.3 Å². The molecule has 0 bridgehead atoms. The Hall–Kier alpha value is -3.35. The Morgan fingerprint density at radius 2 is 1.81 bits per heavy atom. The molecule has 2 aliphatic heterocycles. The molecule has 0 saturated carbocycles. The van der Waals surface area contributed by atoms with Gasteiger partial charge >= 0.3 is 5.97 Å². The summed E-state index contributed by atoms with van der Waals surface area (Å²) in [7, 11) is -4.39. The Morgan fingerprint density at radius 3 is 2.52 bits per heavy atom. The second-order valence-corrected chi connectivity index (χ2v) is 13.0. The first-order chi connectivity index (χ1) is 20.1. The van der Waals surface area contributed by atoms with Gasteiger partial charge in [0.1, 0.15) is 12.2 Å². The average Bonchev–Trinajstić information content (AvgIpc) is 3.49. The molecule has 2 saturated heterocycles. The Kier molecular flexibility index (Phi) is 8.95. The van der Waals surface area contributed by atoms with E-state index < -0.39 is 58.3 Å². The van der Waals surface area contributed by atoms with Crippen LogP contribution in [0.4, 0.5) is 5.69 Å². The van der Waals surface area contributed by atoms with Crippen LogP contribution in [0.2, 0.25) is 0 Å². The molecule has 3 aromatic rings. The van der Waals surface area contributed by atoms with Gasteiger partial charge in [0.2, 0.25) is 0 Å². The van der Waals surface area contributed by atoms with Gasteiger partial charge in [-0.15, -0.1) is 11.3 Å². The average molecular weight is 614 g/mol. The van der Waals surface area contributed by atoms with Crippen molar-refractivity contribution in [2.24, 2.45) is 5.92 Å². The fourth-order valence-electron chi connectivity index (χ4n) is 5.08. The molecule has 1 unspecified atom stereocenters. The minimum atomic E-state index is -4.39. The molecule has 2 aliphatic rings. The molecular weight excluding hydrogens is 582 g/mol. The van der Waals surface area contributed by atoms with Gasteiger partial charge in [0.25, 0.3) is 10.0 Å². The van der Waals surface area contributed by atoms with Gasteiger partial charge in [0, 0.05) is 35.1 Å². The molecule has 1 aromatic heterocycles. The van der Waals surface area contributed by atoms with Crippen LogP contribution in [0.5, 0.6) is 0 Å². The number of rotatable bonds is 8. The second-order valence-electron chi connectivity index (χ2n) is 10.2. The normalized spacial score (nSPS) is 23.8. The zero-order chi connectivity index (χ0) is 30.0. The summed E-state index contributed by atoms with van der Waals surface area (Å²) in [5, 5.41) is 41.4. The minimum absolute atomic E-state index is 0.226. The quantitative estimate of drug-likeness (QED) is 0.217. The zero-order valence-electron chi connectivity index (χ0n) is 22.8. The minimum Gasteiger partial charge on any atom is -0.457 e. The lowest BCUT2D eigenvalue weighted by molar-refractivity contribution is -0.195. The number of carbonyl (C=O) groups excluding carboxylic acids is 1. The number of cyclic esters (lactones) is 1. The fourth-order valence-corrected chi connectivity index (χ4v) is 7.33. The van der Waals surface area contributed by atoms with Crippen LogP contribution in [0.15, 0.2) is 53.4 Å². The van der Waals surface area contributed by atoms with Crippen LogP contribution in [0.3, 0.4) is 0 Å². The number of hydrogen-bond donors (Lipinski definition) is 4. The predicted octanol–water partition coefficient (Wildman–Crippen LogP) is 1.83. The molecule has 0 radical (unpaired) electrons. The molecule has 4 atom stereocenters. The zero-order valence-corrected chi connectivity index (χ0v) is 24.4. The molecule has 2 aromatic carbocycles. The third kappa shape index (κ3) is 6.06. The number of aliphatic hydroxyl groups is 3. The summed E-state index contributed by atoms with van der Waals surface area (Å²) in [5.74, 6) is -2.38. The van der Waals surface area contributed by atoms with Crippen LogP contribution in [0, 0.1) is 17.2 Å². The van der Waals surface area contributed by atoms with E-state index in [1.165, 1.54) is 18.3 Å². The van der Waals surface area contributed by atoms with Crippen LogP contribution in [-0.4, -0.2) is 87.5 Å². The van der Waals surface area contributed by atoms with Crippen molar-refractivity contribution in [3.8, 4) is 16.5 Å². The topological polar surface area (TPSA) is 169 Å². The maximum atomic E-state index is 13.1. The van der Waals surface area contributed by atoms with E-state index in [1.807, 2.05) is 12.1 Å². The van der Waals surface area contributed by atoms with Crippen molar-refractivity contribution in [2.75, 3.05) is 44.4 Å². The Labute approximate surface area is 247 Å². The summed E-state index contributed by atoms with van der Waals surface area (Å²) in [6.07, 6.45) is -4.55. The number of esters is 1. The smallest absolute Gasteiger partial charge is 0.313 e. The number of nitrogens with one attached hydrogen (secondary N) is 1. The number of anilines is 1. The summed E-state index contributed by atoms with van der Waals surface area (Å²) < 4.78 is 38.7. The molecule has 2 fully saturated rings. The largest absolute Gasteiger partial charge is 0.457 e. The molecule has 4 N–H and O–H groups in total. The molecule has 13 heteroatoms. The number of fused-ring (bicyclic) bond motifs is 1. The maximum Gasteiger partial charge on any atom is 0.313 e. The Morgan fingerprint density at radius 1 is 1.10 bits per heavy atom. The van der Waals surface area contributed by atoms with Gasteiger partial charge in [-0.05, 0) is 59.2 Å². The van der Waals surface area contributed by atoms with E-state index in [0.29, 0.717) is 18.1 Å². The van der Waals surface area contributed by atoms with Crippen LogP contribution in [0.25, 0.3) is 26.8 Å². The lowest BCUT2D eigenvalue weighted by Gasteiger charge is -2.35. The summed E-state index contributed by atoms with van der Waals surface area (Å²) in [6, 6.07) is 17.8. The monoisotopic (exact) mass is 613 g/mol. The summed E-state index contributed by atoms with van der Waals surface area (Å²) >= 11 is 1.34. The number of nitriles is 1. The highest BCUT2D eigenvalue weighted by Gasteiger charge is 2.44. The second kappa shape index (κ2) is 12.5. The first-order valence-electron chi connectivity index (χ1n) is 13.4. The van der Waals surface area contributed by atoms with E-state index in [4.69, 9.17) is 9.47 Å². The van der Waals surface area contributed by atoms with Crippen LogP contribution < -0.4 is 9.62 Å². The predicted molar refractivity (Wildman–Crippen MR) is 158 cm³/mol. The number of nitrogens with zero attached hydrogens (tertiary/aromatic N) is 2. The highest BCUT2D eigenvalue weighted by Crippen LogP contribution is 2.36. The van der Waals surface area contributed by atoms with Gasteiger partial charge in [-0.2, -0.15) is 5.26 Å². The fraction of sp³-hybridized carbons (Fsp3) is 0.379. The third-order valence-electron chi connectivity index (χ3n) is 7.56. The molecule has 3 heterocycles. The summed E-state index contributed by atoms with van der Waals surface area (Å²) in [5.41, 5.74) is 2.33. The number of allylic oxidation sites excluding steroid dienone is 2. The van der Waals surface area contributed by atoms with Crippen LogP contribution in [0.1, 0.15) is 11.8 Å². The highest BCUT2D eigenvalue weighted by molar-refractivity contribution is 7.93. The van der Waals surface area contributed by atoms with Crippen molar-refractivity contribution >= 4 is 49.4 Å². The lowest BCUT2D eigenvalue weighted by atomic mass is 9.92. The van der Waals surface area contributed by atoms with Crippen molar-refractivity contribution in [3.63, 3.8) is 0 Å². The first-order valence-corrected chi connectivity index (χ1v) is 15.7. The van der Waals surface area contributed by atoms with Gasteiger partial charge < -0.3 is 29.7 Å². The number of thiophene rings is 1. The van der Waals surface area contributed by atoms with E-state index in [1.54, 1.807) is 12.1 Å². The van der Waals surface area contributed by atoms with Gasteiger partial charge in [-0.25, -0.2) is 13.1 Å². The van der Waals surface area contributed by atoms with Gasteiger partial charge in [-0.1, -0.05) is 18.2 Å². The molecule has 42 heavy (non-hydrogen) atoms. The van der Waals surface area contributed by atoms with E-state index in [2.05, 4.69) is 40.0 Å². The molecule has 0 spiro atoms. The van der Waals surface area contributed by atoms with Gasteiger partial charge in [0.15, 0.2) is 11.0 Å². The number of sulfonamides is 1. The molecule has 0 aliphatic carbocycles. The van der Waals surface area contributed by atoms with Crippen LogP contribution in [-0.2, 0) is 24.3 Å². The van der Waals surface area contributed by atoms with Gasteiger partial charge in [-0.3, -0.25) is 4.79 Å². The van der Waals surface area contributed by atoms with Crippen molar-refractivity contribution in [2.45, 2.75) is 25.2 Å². The van der Waals surface area contributed by atoms with E-state index in [-0.39, 0.29) is 5.57 Å². The Balaban J connectivity index is 1.33. The van der Waals surface area contributed by atoms with Crippen molar-refractivity contribution in [1.82, 2.24) is 4.72 Å². The Bertz CT molecular complexity index is 1660. The van der Waals surface area contributed by atoms with Crippen molar-refractivity contribution in [3.05, 3.63) is 58.3 Å². The maximum absolute atomic E-state index is 13.1. The molecular formula is C29H31N3O8S2. The lowest BCUT2D eigenvalue weighted by Crippen LogP contribution is -2.56. The standard InChI is InChI=1S/C29H31N3O8S2/c1-17(26(14-30)42(37,38)31-15-22-27(34)28(35)23(16-33)40-29(22)36)24-6-7-25(41-24)20-3-2-19-13-21(5-4-18(19)12-20)32-8-10-39-11-9-32/h2-7,12-13,22-23,27-28,31,33-35H,8-11,15-16H2,1H3/b26-17+/t22?,23-,27-,28-/m1/s1.